The van der Waals surface area contributed by atoms with E-state index in [4.69, 9.17) is 4.74 Å². The number of fused-ring (bicyclic) bond motifs is 2. The van der Waals surface area contributed by atoms with Crippen LogP contribution in [0.1, 0.15) is 59.3 Å². The maximum atomic E-state index is 11.3. The first kappa shape index (κ1) is 12.9. The van der Waals surface area contributed by atoms with E-state index in [-0.39, 0.29) is 5.97 Å². The molecule has 0 radical (unpaired) electrons. The number of rotatable bonds is 5. The summed E-state index contributed by atoms with van der Waals surface area (Å²) in [4.78, 5) is 11.3. The molecule has 0 heterocycles. The molecule has 2 nitrogen and oxygen atoms in total. The second-order valence-corrected chi connectivity index (χ2v) is 6.40. The highest BCUT2D eigenvalue weighted by molar-refractivity contribution is 5.69. The minimum Gasteiger partial charge on any atom is -0.466 e. The number of carbonyl (C=O) groups is 1. The summed E-state index contributed by atoms with van der Waals surface area (Å²) >= 11 is 0. The van der Waals surface area contributed by atoms with Crippen LogP contribution >= 0.6 is 0 Å². The highest BCUT2D eigenvalue weighted by Crippen LogP contribution is 2.62. The molecule has 3 atom stereocenters. The van der Waals surface area contributed by atoms with Crippen molar-refractivity contribution in [1.29, 1.82) is 0 Å². The molecule has 0 amide bonds. The van der Waals surface area contributed by atoms with Gasteiger partial charge in [0.1, 0.15) is 0 Å². The first-order valence-corrected chi connectivity index (χ1v) is 7.21. The Morgan fingerprint density at radius 1 is 1.35 bits per heavy atom. The van der Waals surface area contributed by atoms with E-state index in [1.54, 1.807) is 0 Å². The van der Waals surface area contributed by atoms with Crippen molar-refractivity contribution in [2.45, 2.75) is 59.3 Å². The Morgan fingerprint density at radius 2 is 2.12 bits per heavy atom. The molecule has 2 heteroatoms. The second kappa shape index (κ2) is 4.99. The minimum atomic E-state index is -0.0194. The van der Waals surface area contributed by atoms with Crippen LogP contribution < -0.4 is 0 Å². The van der Waals surface area contributed by atoms with Gasteiger partial charge in [-0.1, -0.05) is 13.8 Å². The number of carbonyl (C=O) groups excluding carboxylic acids is 1. The van der Waals surface area contributed by atoms with Gasteiger partial charge in [-0.15, -0.1) is 0 Å². The maximum absolute atomic E-state index is 11.3. The Morgan fingerprint density at radius 3 is 2.71 bits per heavy atom. The van der Waals surface area contributed by atoms with Crippen LogP contribution in [0.4, 0.5) is 0 Å². The Hall–Kier alpha value is -0.530. The quantitative estimate of drug-likeness (QED) is 0.681. The van der Waals surface area contributed by atoms with E-state index in [2.05, 4.69) is 13.8 Å². The van der Waals surface area contributed by atoms with Crippen molar-refractivity contribution in [2.75, 3.05) is 6.61 Å². The molecule has 98 valence electrons. The topological polar surface area (TPSA) is 26.3 Å². The van der Waals surface area contributed by atoms with E-state index >= 15 is 0 Å². The molecular formula is C15H26O2. The Bertz CT molecular complexity index is 281. The van der Waals surface area contributed by atoms with Crippen LogP contribution in [0.25, 0.3) is 0 Å². The molecule has 3 saturated carbocycles. The fraction of sp³-hybridized carbons (Fsp3) is 0.933. The van der Waals surface area contributed by atoms with Gasteiger partial charge in [0.25, 0.3) is 0 Å². The standard InChI is InChI=1S/C15H26O2/c1-4-17-14(16)7-5-6-11-8-9-12-10-13(11)15(12,2)3/h11-13H,4-10H2,1-3H3/t11-,12?,13?/m0/s1. The van der Waals surface area contributed by atoms with E-state index in [1.807, 2.05) is 6.92 Å². The van der Waals surface area contributed by atoms with E-state index in [0.29, 0.717) is 18.4 Å². The van der Waals surface area contributed by atoms with Gasteiger partial charge in [0.15, 0.2) is 0 Å². The van der Waals surface area contributed by atoms with E-state index in [0.717, 1.165) is 24.2 Å². The molecule has 0 aromatic carbocycles. The highest BCUT2D eigenvalue weighted by atomic mass is 16.5. The lowest BCUT2D eigenvalue weighted by Gasteiger charge is -2.60. The molecule has 0 N–H and O–H groups in total. The third-order valence-corrected chi connectivity index (χ3v) is 5.26. The number of ether oxygens (including phenoxy) is 1. The summed E-state index contributed by atoms with van der Waals surface area (Å²) < 4.78 is 4.97. The van der Waals surface area contributed by atoms with E-state index in [9.17, 15) is 4.79 Å². The zero-order chi connectivity index (χ0) is 12.5. The lowest BCUT2D eigenvalue weighted by atomic mass is 9.45. The van der Waals surface area contributed by atoms with Crippen LogP contribution in [0.15, 0.2) is 0 Å². The predicted octanol–water partition coefficient (Wildman–Crippen LogP) is 3.79. The molecule has 0 aromatic heterocycles. The number of hydrogen-bond acceptors (Lipinski definition) is 2. The van der Waals surface area contributed by atoms with Crippen LogP contribution in [0.3, 0.4) is 0 Å². The molecular weight excluding hydrogens is 212 g/mol. The third kappa shape index (κ3) is 2.51. The zero-order valence-electron chi connectivity index (χ0n) is 11.5. The van der Waals surface area contributed by atoms with Gasteiger partial charge in [-0.2, -0.15) is 0 Å². The summed E-state index contributed by atoms with van der Waals surface area (Å²) in [5.41, 5.74) is 0.576. The van der Waals surface area contributed by atoms with Gasteiger partial charge in [0, 0.05) is 6.42 Å². The van der Waals surface area contributed by atoms with Crippen LogP contribution in [0, 0.1) is 23.2 Å². The summed E-state index contributed by atoms with van der Waals surface area (Å²) in [6.07, 6.45) is 7.09. The molecule has 0 aromatic rings. The average molecular weight is 238 g/mol. The van der Waals surface area contributed by atoms with Crippen LogP contribution in [0.2, 0.25) is 0 Å². The fourth-order valence-corrected chi connectivity index (χ4v) is 4.05. The van der Waals surface area contributed by atoms with Gasteiger partial charge in [-0.3, -0.25) is 4.79 Å². The van der Waals surface area contributed by atoms with Crippen LogP contribution in [-0.2, 0) is 9.53 Å². The molecule has 2 bridgehead atoms. The minimum absolute atomic E-state index is 0.0194. The van der Waals surface area contributed by atoms with Gasteiger partial charge in [0.05, 0.1) is 6.61 Å². The van der Waals surface area contributed by atoms with Gasteiger partial charge >= 0.3 is 5.97 Å². The second-order valence-electron chi connectivity index (χ2n) is 6.40. The van der Waals surface area contributed by atoms with Gasteiger partial charge in [-0.25, -0.2) is 0 Å². The van der Waals surface area contributed by atoms with E-state index in [1.165, 1.54) is 25.7 Å². The maximum Gasteiger partial charge on any atom is 0.305 e. The average Bonchev–Trinajstić information content (AvgIpc) is 2.29. The Kier molecular flexibility index (Phi) is 3.79. The molecule has 0 saturated heterocycles. The van der Waals surface area contributed by atoms with Crippen molar-refractivity contribution < 1.29 is 9.53 Å². The molecule has 3 aliphatic carbocycles. The zero-order valence-corrected chi connectivity index (χ0v) is 11.5. The SMILES string of the molecule is CCOC(=O)CCC[C@H]1CCC2CC1C2(C)C. The Balaban J connectivity index is 1.71. The third-order valence-electron chi connectivity index (χ3n) is 5.26. The van der Waals surface area contributed by atoms with Gasteiger partial charge < -0.3 is 4.74 Å². The number of esters is 1. The van der Waals surface area contributed by atoms with Gasteiger partial charge in [0.2, 0.25) is 0 Å². The van der Waals surface area contributed by atoms with Gasteiger partial charge in [-0.05, 0) is 62.2 Å². The molecule has 3 fully saturated rings. The molecule has 2 unspecified atom stereocenters. The van der Waals surface area contributed by atoms with Crippen molar-refractivity contribution in [3.8, 4) is 0 Å². The monoisotopic (exact) mass is 238 g/mol. The summed E-state index contributed by atoms with van der Waals surface area (Å²) in [5, 5.41) is 0. The van der Waals surface area contributed by atoms with Crippen molar-refractivity contribution in [3.05, 3.63) is 0 Å². The summed E-state index contributed by atoms with van der Waals surface area (Å²) in [5.74, 6) is 2.75. The highest BCUT2D eigenvalue weighted by Gasteiger charge is 2.53. The first-order chi connectivity index (χ1) is 8.05. The summed E-state index contributed by atoms with van der Waals surface area (Å²) in [7, 11) is 0. The largest absolute Gasteiger partial charge is 0.466 e. The number of hydrogen-bond donors (Lipinski definition) is 0. The molecule has 17 heavy (non-hydrogen) atoms. The van der Waals surface area contributed by atoms with Crippen LogP contribution in [-0.4, -0.2) is 12.6 Å². The molecule has 0 spiro atoms. The first-order valence-electron chi connectivity index (χ1n) is 7.21. The normalized spacial score (nSPS) is 33.9. The van der Waals surface area contributed by atoms with Crippen LogP contribution in [0.5, 0.6) is 0 Å². The predicted molar refractivity (Wildman–Crippen MR) is 68.6 cm³/mol. The van der Waals surface area contributed by atoms with Crippen molar-refractivity contribution in [3.63, 3.8) is 0 Å². The van der Waals surface area contributed by atoms with Crippen molar-refractivity contribution in [2.24, 2.45) is 23.2 Å². The van der Waals surface area contributed by atoms with Crippen molar-refractivity contribution in [1.82, 2.24) is 0 Å². The lowest BCUT2D eigenvalue weighted by molar-refractivity contribution is -0.143. The molecule has 0 aliphatic heterocycles. The summed E-state index contributed by atoms with van der Waals surface area (Å²) in [6, 6.07) is 0. The molecule has 3 rings (SSSR count). The summed E-state index contributed by atoms with van der Waals surface area (Å²) in [6.45, 7) is 7.25. The van der Waals surface area contributed by atoms with E-state index < -0.39 is 0 Å². The Labute approximate surface area is 105 Å². The van der Waals surface area contributed by atoms with Crippen molar-refractivity contribution >= 4 is 5.97 Å². The fourth-order valence-electron chi connectivity index (χ4n) is 4.05. The lowest BCUT2D eigenvalue weighted by Crippen LogP contribution is -2.52. The smallest absolute Gasteiger partial charge is 0.305 e. The molecule has 3 aliphatic rings.